The summed E-state index contributed by atoms with van der Waals surface area (Å²) >= 11 is 0. The molecule has 0 radical (unpaired) electrons. The molecule has 0 saturated heterocycles. The fourth-order valence-corrected chi connectivity index (χ4v) is 2.91. The summed E-state index contributed by atoms with van der Waals surface area (Å²) in [6.45, 7) is 5.85. The number of nitrogens with zero attached hydrogens (tertiary/aromatic N) is 2. The van der Waals surface area contributed by atoms with Gasteiger partial charge >= 0.3 is 11.7 Å². The van der Waals surface area contributed by atoms with Crippen molar-refractivity contribution in [2.75, 3.05) is 0 Å². The highest BCUT2D eigenvalue weighted by atomic mass is 16.4. The smallest absolute Gasteiger partial charge is 0.348 e. The Bertz CT molecular complexity index is 557. The molecular formula is C14H20N2O3. The Morgan fingerprint density at radius 3 is 2.58 bits per heavy atom. The molecule has 19 heavy (non-hydrogen) atoms. The van der Waals surface area contributed by atoms with Gasteiger partial charge in [-0.2, -0.15) is 4.98 Å². The van der Waals surface area contributed by atoms with Crippen molar-refractivity contribution >= 4 is 5.97 Å². The first-order valence-corrected chi connectivity index (χ1v) is 6.70. The summed E-state index contributed by atoms with van der Waals surface area (Å²) in [5, 5.41) is 8.79. The zero-order valence-corrected chi connectivity index (χ0v) is 11.6. The van der Waals surface area contributed by atoms with Gasteiger partial charge in [-0.05, 0) is 44.6 Å². The number of carbonyl (C=O) groups is 1. The third-order valence-electron chi connectivity index (χ3n) is 4.01. The number of aromatic nitrogens is 2. The Morgan fingerprint density at radius 2 is 2.05 bits per heavy atom. The zero-order valence-electron chi connectivity index (χ0n) is 11.6. The fourth-order valence-electron chi connectivity index (χ4n) is 2.91. The van der Waals surface area contributed by atoms with Crippen molar-refractivity contribution in [1.29, 1.82) is 0 Å². The van der Waals surface area contributed by atoms with E-state index >= 15 is 0 Å². The Labute approximate surface area is 112 Å². The van der Waals surface area contributed by atoms with Crippen molar-refractivity contribution in [3.05, 3.63) is 27.4 Å². The lowest BCUT2D eigenvalue weighted by atomic mass is 9.81. The van der Waals surface area contributed by atoms with Crippen LogP contribution in [0.5, 0.6) is 0 Å². The van der Waals surface area contributed by atoms with Gasteiger partial charge in [0.2, 0.25) is 0 Å². The number of hydrogen-bond donors (Lipinski definition) is 1. The minimum atomic E-state index is -0.825. The maximum Gasteiger partial charge on any atom is 0.348 e. The average molecular weight is 264 g/mol. The topological polar surface area (TPSA) is 72.2 Å². The van der Waals surface area contributed by atoms with Crippen LogP contribution < -0.4 is 5.69 Å². The van der Waals surface area contributed by atoms with Gasteiger partial charge in [0, 0.05) is 23.9 Å². The van der Waals surface area contributed by atoms with Crippen LogP contribution in [0.1, 0.15) is 49.2 Å². The Morgan fingerprint density at radius 1 is 1.42 bits per heavy atom. The molecule has 5 heteroatoms. The second kappa shape index (κ2) is 5.15. The second-order valence-corrected chi connectivity index (χ2v) is 5.54. The zero-order chi connectivity index (χ0) is 14.2. The number of carboxylic acids is 1. The standard InChI is InChI=1S/C14H20N2O3/c1-8-6-11(7-8)16-10(3)12(4-5-13(17)18)9(2)15-14(16)19/h8,11H,4-7H2,1-3H3,(H,17,18). The van der Waals surface area contributed by atoms with Crippen LogP contribution in [0, 0.1) is 19.8 Å². The largest absolute Gasteiger partial charge is 0.481 e. The summed E-state index contributed by atoms with van der Waals surface area (Å²) in [6, 6.07) is 0.235. The first-order chi connectivity index (χ1) is 8.90. The minimum absolute atomic E-state index is 0.0721. The molecular weight excluding hydrogens is 244 g/mol. The van der Waals surface area contributed by atoms with Gasteiger partial charge < -0.3 is 5.11 Å². The molecule has 5 nitrogen and oxygen atoms in total. The van der Waals surface area contributed by atoms with E-state index in [4.69, 9.17) is 5.11 Å². The minimum Gasteiger partial charge on any atom is -0.481 e. The van der Waals surface area contributed by atoms with Crippen molar-refractivity contribution in [2.24, 2.45) is 5.92 Å². The summed E-state index contributed by atoms with van der Waals surface area (Å²) in [5.41, 5.74) is 2.25. The predicted octanol–water partition coefficient (Wildman–Crippen LogP) is 1.85. The maximum atomic E-state index is 12.0. The number of hydrogen-bond acceptors (Lipinski definition) is 3. The third-order valence-corrected chi connectivity index (χ3v) is 4.01. The lowest BCUT2D eigenvalue weighted by molar-refractivity contribution is -0.136. The lowest BCUT2D eigenvalue weighted by Gasteiger charge is -2.35. The molecule has 0 aromatic carbocycles. The Kier molecular flexibility index (Phi) is 3.73. The highest BCUT2D eigenvalue weighted by molar-refractivity contribution is 5.67. The second-order valence-electron chi connectivity index (χ2n) is 5.54. The highest BCUT2D eigenvalue weighted by Gasteiger charge is 2.29. The molecule has 1 aliphatic rings. The van der Waals surface area contributed by atoms with Crippen molar-refractivity contribution < 1.29 is 9.90 Å². The number of aliphatic carboxylic acids is 1. The molecule has 104 valence electrons. The lowest BCUT2D eigenvalue weighted by Crippen LogP contribution is -2.37. The van der Waals surface area contributed by atoms with Crippen LogP contribution in [0.4, 0.5) is 0 Å². The monoisotopic (exact) mass is 264 g/mol. The first kappa shape index (κ1) is 13.8. The van der Waals surface area contributed by atoms with E-state index in [0.29, 0.717) is 18.0 Å². The molecule has 1 N–H and O–H groups in total. The fraction of sp³-hybridized carbons (Fsp3) is 0.643. The summed E-state index contributed by atoms with van der Waals surface area (Å²) in [6.07, 6.45) is 2.51. The average Bonchev–Trinajstić information content (AvgIpc) is 2.25. The van der Waals surface area contributed by atoms with Gasteiger partial charge in [0.25, 0.3) is 0 Å². The van der Waals surface area contributed by atoms with Crippen LogP contribution >= 0.6 is 0 Å². The first-order valence-electron chi connectivity index (χ1n) is 6.70. The van der Waals surface area contributed by atoms with Crippen LogP contribution in [-0.2, 0) is 11.2 Å². The van der Waals surface area contributed by atoms with E-state index in [1.807, 2.05) is 6.92 Å². The number of carboxylic acid groups (broad SMARTS) is 1. The highest BCUT2D eigenvalue weighted by Crippen LogP contribution is 2.37. The van der Waals surface area contributed by atoms with E-state index in [-0.39, 0.29) is 18.2 Å². The molecule has 1 aromatic heterocycles. The van der Waals surface area contributed by atoms with E-state index in [9.17, 15) is 9.59 Å². The van der Waals surface area contributed by atoms with Gasteiger partial charge in [0.05, 0.1) is 0 Å². The molecule has 0 unspecified atom stereocenters. The Balaban J connectivity index is 2.36. The van der Waals surface area contributed by atoms with Crippen LogP contribution in [0.25, 0.3) is 0 Å². The molecule has 0 aliphatic heterocycles. The molecule has 2 rings (SSSR count). The Hall–Kier alpha value is -1.65. The van der Waals surface area contributed by atoms with Crippen LogP contribution in [0.3, 0.4) is 0 Å². The molecule has 0 amide bonds. The normalized spacial score (nSPS) is 22.1. The van der Waals surface area contributed by atoms with E-state index in [2.05, 4.69) is 11.9 Å². The van der Waals surface area contributed by atoms with Gasteiger partial charge in [-0.25, -0.2) is 4.79 Å². The van der Waals surface area contributed by atoms with Gasteiger partial charge in [0.1, 0.15) is 0 Å². The molecule has 1 heterocycles. The van der Waals surface area contributed by atoms with Crippen molar-refractivity contribution in [2.45, 2.75) is 52.5 Å². The van der Waals surface area contributed by atoms with Gasteiger partial charge in [0.15, 0.2) is 0 Å². The SMILES string of the molecule is Cc1nc(=O)n(C2CC(C)C2)c(C)c1CCC(=O)O. The molecule has 1 fully saturated rings. The quantitative estimate of drug-likeness (QED) is 0.900. The molecule has 1 aromatic rings. The molecule has 0 atom stereocenters. The number of aryl methyl sites for hydroxylation is 1. The van der Waals surface area contributed by atoms with E-state index in [1.54, 1.807) is 11.5 Å². The summed E-state index contributed by atoms with van der Waals surface area (Å²) in [7, 11) is 0. The van der Waals surface area contributed by atoms with Gasteiger partial charge in [-0.1, -0.05) is 6.92 Å². The van der Waals surface area contributed by atoms with E-state index in [0.717, 1.165) is 24.1 Å². The van der Waals surface area contributed by atoms with Crippen LogP contribution in [0.2, 0.25) is 0 Å². The maximum absolute atomic E-state index is 12.0. The molecule has 0 spiro atoms. The van der Waals surface area contributed by atoms with Crippen molar-refractivity contribution in [3.8, 4) is 0 Å². The van der Waals surface area contributed by atoms with Crippen molar-refractivity contribution in [3.63, 3.8) is 0 Å². The third kappa shape index (κ3) is 2.69. The van der Waals surface area contributed by atoms with E-state index < -0.39 is 5.97 Å². The summed E-state index contributed by atoms with van der Waals surface area (Å²) in [5.74, 6) is -0.172. The van der Waals surface area contributed by atoms with Gasteiger partial charge in [-0.15, -0.1) is 0 Å². The van der Waals surface area contributed by atoms with Crippen LogP contribution in [0.15, 0.2) is 4.79 Å². The predicted molar refractivity (Wildman–Crippen MR) is 71.4 cm³/mol. The summed E-state index contributed by atoms with van der Waals surface area (Å²) in [4.78, 5) is 26.8. The van der Waals surface area contributed by atoms with Gasteiger partial charge in [-0.3, -0.25) is 9.36 Å². The molecule has 0 bridgehead atoms. The molecule has 1 saturated carbocycles. The van der Waals surface area contributed by atoms with Crippen LogP contribution in [-0.4, -0.2) is 20.6 Å². The van der Waals surface area contributed by atoms with E-state index in [1.165, 1.54) is 0 Å². The summed E-state index contributed by atoms with van der Waals surface area (Å²) < 4.78 is 1.75. The number of rotatable bonds is 4. The molecule has 1 aliphatic carbocycles. The van der Waals surface area contributed by atoms with Crippen molar-refractivity contribution in [1.82, 2.24) is 9.55 Å².